The van der Waals surface area contributed by atoms with E-state index in [0.717, 1.165) is 44.1 Å². The highest BCUT2D eigenvalue weighted by molar-refractivity contribution is 6.18. The average molecular weight is 424 g/mol. The molecule has 1 saturated heterocycles. The Bertz CT molecular complexity index is 885. The second-order valence-electron chi connectivity index (χ2n) is 7.28. The molecule has 0 aliphatic carbocycles. The van der Waals surface area contributed by atoms with Gasteiger partial charge in [-0.3, -0.25) is 4.90 Å². The van der Waals surface area contributed by atoms with Gasteiger partial charge in [0.05, 0.1) is 6.61 Å². The normalized spacial score (nSPS) is 15.7. The van der Waals surface area contributed by atoms with E-state index in [1.807, 2.05) is 60.8 Å². The number of aromatic nitrogens is 1. The molecule has 0 saturated carbocycles. The van der Waals surface area contributed by atoms with Crippen LogP contribution < -0.4 is 9.64 Å². The van der Waals surface area contributed by atoms with Crippen molar-refractivity contribution in [1.29, 1.82) is 0 Å². The van der Waals surface area contributed by atoms with Gasteiger partial charge in [0.25, 0.3) is 5.75 Å². The van der Waals surface area contributed by atoms with Crippen molar-refractivity contribution in [1.82, 2.24) is 9.88 Å². The number of hydrogen-bond acceptors (Lipinski definition) is 5. The highest BCUT2D eigenvalue weighted by Gasteiger charge is 2.18. The molecule has 6 heteroatoms. The molecule has 30 heavy (non-hydrogen) atoms. The second kappa shape index (κ2) is 10.4. The standard InChI is InChI=1S/C24H26ClN3O2/c25-24(29-19-21-6-2-1-3-7-21)30-22-11-9-20(10-12-22)18-27-14-16-28(17-15-27)23-8-4-5-13-26-23/h1-13,24H,14-19H2. The van der Waals surface area contributed by atoms with Crippen LogP contribution in [0, 0.1) is 0 Å². The smallest absolute Gasteiger partial charge is 0.280 e. The number of benzene rings is 2. The Morgan fingerprint density at radius 3 is 2.27 bits per heavy atom. The molecule has 0 spiro atoms. The quantitative estimate of drug-likeness (QED) is 0.393. The van der Waals surface area contributed by atoms with Crippen molar-refractivity contribution >= 4 is 17.4 Å². The van der Waals surface area contributed by atoms with E-state index in [9.17, 15) is 0 Å². The first kappa shape index (κ1) is 20.7. The molecule has 0 amide bonds. The molecule has 1 fully saturated rings. The Balaban J connectivity index is 1.21. The Labute approximate surface area is 182 Å². The van der Waals surface area contributed by atoms with E-state index in [1.165, 1.54) is 5.56 Å². The Morgan fingerprint density at radius 2 is 1.57 bits per heavy atom. The van der Waals surface area contributed by atoms with Crippen LogP contribution in [-0.4, -0.2) is 41.8 Å². The fraction of sp³-hybridized carbons (Fsp3) is 0.292. The number of hydrogen-bond donors (Lipinski definition) is 0. The Kier molecular flexibility index (Phi) is 7.19. The molecular formula is C24H26ClN3O2. The van der Waals surface area contributed by atoms with E-state index in [-0.39, 0.29) is 0 Å². The van der Waals surface area contributed by atoms with Crippen LogP contribution in [0.5, 0.6) is 5.75 Å². The van der Waals surface area contributed by atoms with Gasteiger partial charge in [0.2, 0.25) is 0 Å². The number of piperazine rings is 1. The van der Waals surface area contributed by atoms with Crippen LogP contribution in [0.15, 0.2) is 79.0 Å². The summed E-state index contributed by atoms with van der Waals surface area (Å²) in [5, 5.41) is 0. The first-order chi connectivity index (χ1) is 14.8. The van der Waals surface area contributed by atoms with Crippen LogP contribution in [0.1, 0.15) is 11.1 Å². The summed E-state index contributed by atoms with van der Waals surface area (Å²) in [6, 6.07) is 24.0. The lowest BCUT2D eigenvalue weighted by molar-refractivity contribution is -0.0306. The lowest BCUT2D eigenvalue weighted by atomic mass is 10.2. The largest absolute Gasteiger partial charge is 0.451 e. The third-order valence-corrected chi connectivity index (χ3v) is 5.34. The van der Waals surface area contributed by atoms with Crippen LogP contribution in [0.25, 0.3) is 0 Å². The summed E-state index contributed by atoms with van der Waals surface area (Å²) in [7, 11) is 0. The van der Waals surface area contributed by atoms with Crippen LogP contribution in [-0.2, 0) is 17.9 Å². The minimum Gasteiger partial charge on any atom is -0.451 e. The molecule has 1 aliphatic rings. The van der Waals surface area contributed by atoms with E-state index in [2.05, 4.69) is 33.0 Å². The van der Waals surface area contributed by atoms with Gasteiger partial charge in [-0.05, 0) is 47.0 Å². The van der Waals surface area contributed by atoms with Crippen molar-refractivity contribution in [2.24, 2.45) is 0 Å². The zero-order chi connectivity index (χ0) is 20.6. The number of rotatable bonds is 8. The van der Waals surface area contributed by atoms with Crippen molar-refractivity contribution in [3.63, 3.8) is 0 Å². The predicted molar refractivity (Wildman–Crippen MR) is 120 cm³/mol. The van der Waals surface area contributed by atoms with Crippen molar-refractivity contribution in [2.75, 3.05) is 31.1 Å². The average Bonchev–Trinajstić information content (AvgIpc) is 2.81. The maximum Gasteiger partial charge on any atom is 0.280 e. The number of nitrogens with zero attached hydrogens (tertiary/aromatic N) is 3. The van der Waals surface area contributed by atoms with Crippen molar-refractivity contribution in [2.45, 2.75) is 18.9 Å². The SMILES string of the molecule is ClC(OCc1ccccc1)Oc1ccc(CN2CCN(c3ccccn3)CC2)cc1. The van der Waals surface area contributed by atoms with Gasteiger partial charge in [0.1, 0.15) is 11.6 Å². The van der Waals surface area contributed by atoms with Gasteiger partial charge in [-0.15, -0.1) is 0 Å². The van der Waals surface area contributed by atoms with Crippen LogP contribution in [0.3, 0.4) is 0 Å². The zero-order valence-corrected chi connectivity index (χ0v) is 17.6. The molecule has 0 radical (unpaired) electrons. The fourth-order valence-electron chi connectivity index (χ4n) is 3.48. The predicted octanol–water partition coefficient (Wildman–Crippen LogP) is 4.52. The van der Waals surface area contributed by atoms with Gasteiger partial charge in [-0.25, -0.2) is 4.98 Å². The zero-order valence-electron chi connectivity index (χ0n) is 16.9. The number of pyridine rings is 1. The summed E-state index contributed by atoms with van der Waals surface area (Å²) in [5.41, 5.74) is 2.32. The summed E-state index contributed by atoms with van der Waals surface area (Å²) < 4.78 is 11.2. The minimum atomic E-state index is -0.823. The molecule has 1 atom stereocenters. The van der Waals surface area contributed by atoms with Crippen LogP contribution in [0.2, 0.25) is 0 Å². The number of halogens is 1. The highest BCUT2D eigenvalue weighted by Crippen LogP contribution is 2.19. The topological polar surface area (TPSA) is 37.8 Å². The molecule has 4 rings (SSSR count). The molecule has 1 aliphatic heterocycles. The highest BCUT2D eigenvalue weighted by atomic mass is 35.5. The van der Waals surface area contributed by atoms with Crippen molar-refractivity contribution in [3.8, 4) is 5.75 Å². The molecule has 1 aromatic heterocycles. The summed E-state index contributed by atoms with van der Waals surface area (Å²) >= 11 is 6.16. The van der Waals surface area contributed by atoms with Gasteiger partial charge in [-0.1, -0.05) is 48.5 Å². The van der Waals surface area contributed by atoms with Gasteiger partial charge in [0, 0.05) is 38.9 Å². The van der Waals surface area contributed by atoms with Crippen LogP contribution >= 0.6 is 11.6 Å². The number of alkyl halides is 1. The molecule has 2 heterocycles. The number of anilines is 1. The number of ether oxygens (including phenoxy) is 2. The summed E-state index contributed by atoms with van der Waals surface area (Å²) in [6.45, 7) is 5.36. The Hall–Kier alpha value is -2.60. The fourth-order valence-corrected chi connectivity index (χ4v) is 3.65. The molecule has 2 aromatic carbocycles. The summed E-state index contributed by atoms with van der Waals surface area (Å²) in [4.78, 5) is 9.25. The molecular weight excluding hydrogens is 398 g/mol. The van der Waals surface area contributed by atoms with E-state index in [1.54, 1.807) is 0 Å². The third kappa shape index (κ3) is 5.95. The monoisotopic (exact) mass is 423 g/mol. The van der Waals surface area contributed by atoms with Gasteiger partial charge in [-0.2, -0.15) is 0 Å². The lowest BCUT2D eigenvalue weighted by Crippen LogP contribution is -2.46. The minimum absolute atomic E-state index is 0.414. The molecule has 1 unspecified atom stereocenters. The lowest BCUT2D eigenvalue weighted by Gasteiger charge is -2.35. The molecule has 3 aromatic rings. The third-order valence-electron chi connectivity index (χ3n) is 5.13. The Morgan fingerprint density at radius 1 is 0.833 bits per heavy atom. The first-order valence-electron chi connectivity index (χ1n) is 10.2. The van der Waals surface area contributed by atoms with E-state index >= 15 is 0 Å². The maximum atomic E-state index is 6.16. The summed E-state index contributed by atoms with van der Waals surface area (Å²) in [6.07, 6.45) is 1.85. The molecule has 0 N–H and O–H groups in total. The van der Waals surface area contributed by atoms with Gasteiger partial charge in [0.15, 0.2) is 0 Å². The van der Waals surface area contributed by atoms with Crippen molar-refractivity contribution in [3.05, 3.63) is 90.1 Å². The summed E-state index contributed by atoms with van der Waals surface area (Å²) in [5.74, 6) is 0.936. The maximum absolute atomic E-state index is 6.16. The van der Waals surface area contributed by atoms with Gasteiger partial charge < -0.3 is 14.4 Å². The molecule has 0 bridgehead atoms. The van der Waals surface area contributed by atoms with Crippen LogP contribution in [0.4, 0.5) is 5.82 Å². The second-order valence-corrected chi connectivity index (χ2v) is 7.64. The first-order valence-corrected chi connectivity index (χ1v) is 10.6. The molecule has 5 nitrogen and oxygen atoms in total. The van der Waals surface area contributed by atoms with Gasteiger partial charge >= 0.3 is 0 Å². The van der Waals surface area contributed by atoms with E-state index in [0.29, 0.717) is 12.4 Å². The van der Waals surface area contributed by atoms with E-state index < -0.39 is 5.75 Å². The van der Waals surface area contributed by atoms with Crippen molar-refractivity contribution < 1.29 is 9.47 Å². The molecule has 156 valence electrons. The van der Waals surface area contributed by atoms with E-state index in [4.69, 9.17) is 21.1 Å².